The van der Waals surface area contributed by atoms with Gasteiger partial charge < -0.3 is 15.4 Å². The van der Waals surface area contributed by atoms with Crippen LogP contribution in [-0.4, -0.2) is 43.7 Å². The summed E-state index contributed by atoms with van der Waals surface area (Å²) in [6.07, 6.45) is 1.04. The first-order valence-electron chi connectivity index (χ1n) is 11.6. The van der Waals surface area contributed by atoms with Crippen LogP contribution in [0.25, 0.3) is 0 Å². The number of aryl methyl sites for hydroxylation is 3. The highest BCUT2D eigenvalue weighted by atomic mass is 32.2. The topological polar surface area (TPSA) is 105 Å². The molecule has 0 saturated carbocycles. The van der Waals surface area contributed by atoms with Crippen molar-refractivity contribution >= 4 is 33.2 Å². The largest absolute Gasteiger partial charge is 0.478 e. The molecule has 0 spiro atoms. The van der Waals surface area contributed by atoms with Crippen molar-refractivity contribution in [2.75, 3.05) is 23.7 Å². The van der Waals surface area contributed by atoms with Gasteiger partial charge in [0.25, 0.3) is 5.91 Å². The molecule has 2 aliphatic heterocycles. The van der Waals surface area contributed by atoms with E-state index < -0.39 is 22.0 Å². The molecule has 9 heteroatoms. The zero-order valence-electron chi connectivity index (χ0n) is 20.0. The van der Waals surface area contributed by atoms with E-state index in [1.54, 1.807) is 13.0 Å². The minimum atomic E-state index is -3.86. The maximum absolute atomic E-state index is 13.6. The molecule has 2 N–H and O–H groups in total. The standard InChI is InChI=1S/C25H31N3O5S/c1-5-21-25(30)27-20-12-17(4)23(13-22(20)33-21)34(31,32)28-8-6-7-18(14-28)24(29)26-19-10-15(2)9-16(3)11-19/h9-13,18,21H,5-8,14H2,1-4H3,(H,26,29)(H,27,30)/t18-,21-/m1/s1. The van der Waals surface area contributed by atoms with E-state index in [-0.39, 0.29) is 23.3 Å². The second kappa shape index (κ2) is 9.38. The molecule has 2 aromatic rings. The molecule has 2 heterocycles. The summed E-state index contributed by atoms with van der Waals surface area (Å²) in [6.45, 7) is 7.93. The number of amides is 2. The first-order valence-corrected chi connectivity index (χ1v) is 13.0. The van der Waals surface area contributed by atoms with Crippen LogP contribution in [0.15, 0.2) is 35.2 Å². The van der Waals surface area contributed by atoms with Crippen LogP contribution >= 0.6 is 0 Å². The Labute approximate surface area is 200 Å². The SMILES string of the molecule is CC[C@H]1Oc2cc(S(=O)(=O)N3CCC[C@@H](C(=O)Nc4cc(C)cc(C)c4)C3)c(C)cc2NC1=O. The summed E-state index contributed by atoms with van der Waals surface area (Å²) in [5.41, 5.74) is 3.80. The Bertz CT molecular complexity index is 1220. The summed E-state index contributed by atoms with van der Waals surface area (Å²) in [7, 11) is -3.86. The summed E-state index contributed by atoms with van der Waals surface area (Å²) in [6, 6.07) is 8.95. The molecule has 2 aromatic carbocycles. The zero-order valence-corrected chi connectivity index (χ0v) is 20.8. The molecule has 0 aromatic heterocycles. The van der Waals surface area contributed by atoms with Crippen LogP contribution in [-0.2, 0) is 19.6 Å². The second-order valence-corrected chi connectivity index (χ2v) is 11.1. The highest BCUT2D eigenvalue weighted by Crippen LogP contribution is 2.36. The summed E-state index contributed by atoms with van der Waals surface area (Å²) < 4.78 is 34.3. The van der Waals surface area contributed by atoms with Gasteiger partial charge in [0.1, 0.15) is 5.75 Å². The number of piperidine rings is 1. The maximum Gasteiger partial charge on any atom is 0.265 e. The van der Waals surface area contributed by atoms with E-state index in [1.807, 2.05) is 39.0 Å². The number of rotatable bonds is 5. The fourth-order valence-electron chi connectivity index (χ4n) is 4.64. The average molecular weight is 486 g/mol. The van der Waals surface area contributed by atoms with Crippen LogP contribution < -0.4 is 15.4 Å². The fraction of sp³-hybridized carbons (Fsp3) is 0.440. The normalized spacial score (nSPS) is 20.8. The maximum atomic E-state index is 13.6. The Morgan fingerprint density at radius 1 is 1.15 bits per heavy atom. The summed E-state index contributed by atoms with van der Waals surface area (Å²) in [4.78, 5) is 25.2. The van der Waals surface area contributed by atoms with Crippen LogP contribution in [0.3, 0.4) is 0 Å². The number of nitrogens with one attached hydrogen (secondary N) is 2. The van der Waals surface area contributed by atoms with Gasteiger partial charge in [-0.15, -0.1) is 0 Å². The Morgan fingerprint density at radius 3 is 2.53 bits per heavy atom. The molecule has 1 saturated heterocycles. The Kier molecular flexibility index (Phi) is 6.69. The quantitative estimate of drug-likeness (QED) is 0.671. The number of fused-ring (bicyclic) bond motifs is 1. The monoisotopic (exact) mass is 485 g/mol. The third-order valence-electron chi connectivity index (χ3n) is 6.33. The number of benzene rings is 2. The number of anilines is 2. The lowest BCUT2D eigenvalue weighted by Crippen LogP contribution is -2.44. The van der Waals surface area contributed by atoms with Crippen molar-refractivity contribution in [3.05, 3.63) is 47.0 Å². The minimum Gasteiger partial charge on any atom is -0.478 e. The van der Waals surface area contributed by atoms with Crippen LogP contribution in [0.5, 0.6) is 5.75 Å². The first-order chi connectivity index (χ1) is 16.1. The molecule has 0 aliphatic carbocycles. The van der Waals surface area contributed by atoms with Crippen molar-refractivity contribution in [2.24, 2.45) is 5.92 Å². The van der Waals surface area contributed by atoms with Gasteiger partial charge in [-0.2, -0.15) is 4.31 Å². The third kappa shape index (κ3) is 4.81. The van der Waals surface area contributed by atoms with Crippen LogP contribution in [0.4, 0.5) is 11.4 Å². The van der Waals surface area contributed by atoms with Gasteiger partial charge in [0, 0.05) is 24.8 Å². The molecule has 2 aliphatic rings. The third-order valence-corrected chi connectivity index (χ3v) is 8.34. The van der Waals surface area contributed by atoms with Crippen LogP contribution in [0.2, 0.25) is 0 Å². The fourth-order valence-corrected chi connectivity index (χ4v) is 6.38. The lowest BCUT2D eigenvalue weighted by atomic mass is 9.98. The lowest BCUT2D eigenvalue weighted by Gasteiger charge is -2.32. The summed E-state index contributed by atoms with van der Waals surface area (Å²) in [5.74, 6) is -0.512. The van der Waals surface area contributed by atoms with Crippen LogP contribution in [0, 0.1) is 26.7 Å². The number of carbonyl (C=O) groups excluding carboxylic acids is 2. The molecule has 1 fully saturated rings. The minimum absolute atomic E-state index is 0.116. The molecule has 34 heavy (non-hydrogen) atoms. The van der Waals surface area contributed by atoms with Crippen molar-refractivity contribution < 1.29 is 22.7 Å². The zero-order chi connectivity index (χ0) is 24.6. The predicted molar refractivity (Wildman–Crippen MR) is 131 cm³/mol. The van der Waals surface area contributed by atoms with Gasteiger partial charge in [0.05, 0.1) is 16.5 Å². The van der Waals surface area contributed by atoms with E-state index in [0.717, 1.165) is 16.8 Å². The molecule has 2 atom stereocenters. The highest BCUT2D eigenvalue weighted by Gasteiger charge is 2.36. The van der Waals surface area contributed by atoms with Gasteiger partial charge in [-0.05, 0) is 74.9 Å². The van der Waals surface area contributed by atoms with E-state index in [2.05, 4.69) is 10.6 Å². The Balaban J connectivity index is 1.54. The molecule has 182 valence electrons. The molecular formula is C25H31N3O5S. The predicted octanol–water partition coefficient (Wildman–Crippen LogP) is 3.76. The van der Waals surface area contributed by atoms with Crippen molar-refractivity contribution in [1.29, 1.82) is 0 Å². The van der Waals surface area contributed by atoms with Gasteiger partial charge in [0.2, 0.25) is 15.9 Å². The Morgan fingerprint density at radius 2 is 1.85 bits per heavy atom. The lowest BCUT2D eigenvalue weighted by molar-refractivity contribution is -0.123. The second-order valence-electron chi connectivity index (χ2n) is 9.19. The molecule has 4 rings (SSSR count). The highest BCUT2D eigenvalue weighted by molar-refractivity contribution is 7.89. The number of nitrogens with zero attached hydrogens (tertiary/aromatic N) is 1. The molecule has 8 nitrogen and oxygen atoms in total. The first kappa shape index (κ1) is 24.2. The molecular weight excluding hydrogens is 454 g/mol. The van der Waals surface area contributed by atoms with Gasteiger partial charge in [-0.1, -0.05) is 13.0 Å². The molecule has 0 radical (unpaired) electrons. The average Bonchev–Trinajstić information content (AvgIpc) is 2.77. The van der Waals surface area contributed by atoms with Crippen molar-refractivity contribution in [1.82, 2.24) is 4.31 Å². The summed E-state index contributed by atoms with van der Waals surface area (Å²) in [5, 5.41) is 5.74. The van der Waals surface area contributed by atoms with Crippen molar-refractivity contribution in [3.8, 4) is 5.75 Å². The van der Waals surface area contributed by atoms with Crippen molar-refractivity contribution in [2.45, 2.75) is 58.0 Å². The van der Waals surface area contributed by atoms with Gasteiger partial charge >= 0.3 is 0 Å². The smallest absolute Gasteiger partial charge is 0.265 e. The van der Waals surface area contributed by atoms with E-state index >= 15 is 0 Å². The van der Waals surface area contributed by atoms with Gasteiger partial charge in [-0.3, -0.25) is 9.59 Å². The number of ether oxygens (including phenoxy) is 1. The number of hydrogen-bond acceptors (Lipinski definition) is 5. The number of carbonyl (C=O) groups is 2. The number of hydrogen-bond donors (Lipinski definition) is 2. The Hall–Kier alpha value is -2.91. The van der Waals surface area contributed by atoms with E-state index in [9.17, 15) is 18.0 Å². The molecule has 2 amide bonds. The molecule has 0 unspecified atom stereocenters. The van der Waals surface area contributed by atoms with Crippen LogP contribution in [0.1, 0.15) is 42.9 Å². The van der Waals surface area contributed by atoms with E-state index in [0.29, 0.717) is 42.8 Å². The van der Waals surface area contributed by atoms with Gasteiger partial charge in [0.15, 0.2) is 6.10 Å². The van der Waals surface area contributed by atoms with E-state index in [1.165, 1.54) is 10.4 Å². The van der Waals surface area contributed by atoms with E-state index in [4.69, 9.17) is 4.74 Å². The number of sulfonamides is 1. The van der Waals surface area contributed by atoms with Gasteiger partial charge in [-0.25, -0.2) is 8.42 Å². The summed E-state index contributed by atoms with van der Waals surface area (Å²) >= 11 is 0. The van der Waals surface area contributed by atoms with Crippen molar-refractivity contribution in [3.63, 3.8) is 0 Å². The molecule has 0 bridgehead atoms.